The summed E-state index contributed by atoms with van der Waals surface area (Å²) in [5.74, 6) is -0.673. The molecule has 11 aliphatic rings. The molecule has 3 fully saturated rings. The standard InChI is InChI=1S/C38H36N4O9.C36H33ClN4O8.C4H4ClNO2/c1-17-11-21-12-25-27(14-39)42-26(31(40(25)5)29(21)36(32(17)47-6)51-20(4)44)13-24-30(35-34(48-16-49-35)18(2)33(24)50-19(3)43)28(42)15-41-37(45)22-9-7-8-10-23(22)38(41)46;1-15-28(37)20-10-22-24(12-38)41-23(29(39(22)4)27(20)30(43)32(15)46-5)11-21-26(34-33(47-14-48-34)16(2)31(21)49-17(3)42)25(41)13-40-35(44)18-8-6-7-9-19(18)36(40)45;5-6-3(7)1-2-4(6)8/h7-11,25-28,31H,12-13,15-16H2,1-6H3;6-9,22-25,29,43H,10-11,13-14H2,1-5H3;1-2H2/t25-,26?,27?,28-,31-;22-,23?,24?,25-,29-;/m00./s1. The topological polar surface area (TPSA) is 327 Å². The van der Waals surface area contributed by atoms with Gasteiger partial charge in [-0.15, -0.1) is 0 Å². The Hall–Kier alpha value is -10.9. The molecule has 4 bridgehead atoms. The monoisotopic (exact) mass is 1510 g/mol. The van der Waals surface area contributed by atoms with Crippen LogP contribution in [0.15, 0.2) is 54.6 Å². The molecule has 0 spiro atoms. The number of carbonyl (C=O) groups excluding carboxylic acids is 9. The van der Waals surface area contributed by atoms with Crippen LogP contribution in [0.4, 0.5) is 0 Å². The predicted molar refractivity (Wildman–Crippen MR) is 380 cm³/mol. The van der Waals surface area contributed by atoms with E-state index in [1.807, 2.05) is 27.1 Å². The minimum absolute atomic E-state index is 0.0326. The molecule has 30 heteroatoms. The molecule has 0 aromatic heterocycles. The summed E-state index contributed by atoms with van der Waals surface area (Å²) < 4.78 is 53.9. The highest BCUT2D eigenvalue weighted by atomic mass is 35.5. The Morgan fingerprint density at radius 2 is 0.917 bits per heavy atom. The maximum absolute atomic E-state index is 13.9. The lowest BCUT2D eigenvalue weighted by atomic mass is 9.71. The maximum atomic E-state index is 13.9. The predicted octanol–water partition coefficient (Wildman–Crippen LogP) is 8.64. The van der Waals surface area contributed by atoms with Crippen molar-refractivity contribution in [1.29, 1.82) is 10.5 Å². The zero-order chi connectivity index (χ0) is 76.8. The Labute approximate surface area is 629 Å². The van der Waals surface area contributed by atoms with Crippen molar-refractivity contribution in [3.63, 3.8) is 0 Å². The Balaban J connectivity index is 0.000000156. The molecule has 108 heavy (non-hydrogen) atoms. The average molecular weight is 1510 g/mol. The Bertz CT molecular complexity index is 5020. The zero-order valence-corrected chi connectivity index (χ0v) is 62.1. The number of imide groups is 3. The van der Waals surface area contributed by atoms with Gasteiger partial charge in [0.2, 0.25) is 25.4 Å². The fourth-order valence-corrected chi connectivity index (χ4v) is 19.0. The van der Waals surface area contributed by atoms with Crippen LogP contribution in [0.25, 0.3) is 0 Å². The Morgan fingerprint density at radius 3 is 1.31 bits per heavy atom. The number of hydrogen-bond acceptors (Lipinski definition) is 25. The van der Waals surface area contributed by atoms with Gasteiger partial charge in [0.25, 0.3) is 23.6 Å². The van der Waals surface area contributed by atoms with E-state index in [2.05, 4.69) is 31.7 Å². The molecule has 4 unspecified atom stereocenters. The molecule has 1 N–H and O–H groups in total. The number of phenolic OH excluding ortho intramolecular Hbond substituents is 1. The number of nitriles is 2. The number of likely N-dealkylation sites (N-methyl/N-ethyl adjacent to an activating group) is 2. The van der Waals surface area contributed by atoms with E-state index in [0.29, 0.717) is 135 Å². The number of nitrogens with zero attached hydrogens (tertiary/aromatic N) is 9. The second-order valence-corrected chi connectivity index (χ2v) is 29.1. The highest BCUT2D eigenvalue weighted by molar-refractivity contribution is 6.33. The van der Waals surface area contributed by atoms with Gasteiger partial charge >= 0.3 is 17.9 Å². The van der Waals surface area contributed by atoms with E-state index < -0.39 is 89.9 Å². The number of piperazine rings is 2. The summed E-state index contributed by atoms with van der Waals surface area (Å²) in [6.45, 7) is 10.8. The zero-order valence-electron chi connectivity index (χ0n) is 60.6. The van der Waals surface area contributed by atoms with Crippen molar-refractivity contribution in [2.45, 2.75) is 147 Å². The maximum Gasteiger partial charge on any atom is 0.308 e. The lowest BCUT2D eigenvalue weighted by Crippen LogP contribution is -2.69. The molecule has 28 nitrogen and oxygen atoms in total. The largest absolute Gasteiger partial charge is 0.504 e. The van der Waals surface area contributed by atoms with Crippen LogP contribution in [-0.4, -0.2) is 184 Å². The fourth-order valence-electron chi connectivity index (χ4n) is 18.5. The lowest BCUT2D eigenvalue weighted by molar-refractivity contribution is -0.133. The van der Waals surface area contributed by atoms with Crippen molar-refractivity contribution >= 4 is 76.7 Å². The van der Waals surface area contributed by atoms with E-state index in [9.17, 15) is 58.8 Å². The molecule has 0 aliphatic carbocycles. The van der Waals surface area contributed by atoms with Crippen molar-refractivity contribution in [3.8, 4) is 69.6 Å². The first-order valence-electron chi connectivity index (χ1n) is 35.1. The van der Waals surface area contributed by atoms with Crippen molar-refractivity contribution in [3.05, 3.63) is 149 Å². The third-order valence-corrected chi connectivity index (χ3v) is 23.7. The molecule has 6 aromatic rings. The number of amides is 6. The molecule has 17 rings (SSSR count). The summed E-state index contributed by atoms with van der Waals surface area (Å²) in [5, 5.41) is 34.2. The number of fused-ring (bicyclic) bond motifs is 20. The number of benzene rings is 6. The number of hydrogen-bond donors (Lipinski definition) is 1. The van der Waals surface area contributed by atoms with Gasteiger partial charge < -0.3 is 47.7 Å². The van der Waals surface area contributed by atoms with Gasteiger partial charge in [-0.2, -0.15) is 14.9 Å². The number of halogens is 2. The molecular weight excluding hydrogens is 1440 g/mol. The summed E-state index contributed by atoms with van der Waals surface area (Å²) in [6.07, 6.45) is 1.89. The van der Waals surface area contributed by atoms with E-state index in [0.717, 1.165) is 22.3 Å². The van der Waals surface area contributed by atoms with Crippen LogP contribution in [0.2, 0.25) is 5.02 Å². The molecule has 11 aliphatic heterocycles. The van der Waals surface area contributed by atoms with E-state index in [1.54, 1.807) is 69.3 Å². The molecule has 558 valence electrons. The number of methoxy groups -OCH3 is 2. The van der Waals surface area contributed by atoms with Gasteiger partial charge in [0.1, 0.15) is 23.6 Å². The number of aryl methyl sites for hydroxylation is 1. The normalized spacial score (nSPS) is 24.3. The molecule has 3 saturated heterocycles. The van der Waals surface area contributed by atoms with Gasteiger partial charge in [0.15, 0.2) is 46.0 Å². The molecule has 0 saturated carbocycles. The van der Waals surface area contributed by atoms with E-state index in [-0.39, 0.29) is 87.8 Å². The molecule has 6 aromatic carbocycles. The fraction of sp³-hybridized carbons (Fsp3) is 0.397. The third-order valence-electron chi connectivity index (χ3n) is 22.9. The van der Waals surface area contributed by atoms with Crippen molar-refractivity contribution in [2.75, 3.05) is 55.0 Å². The van der Waals surface area contributed by atoms with Crippen LogP contribution in [-0.2, 0) is 49.7 Å². The van der Waals surface area contributed by atoms with Crippen LogP contribution in [0, 0.1) is 50.4 Å². The molecule has 0 radical (unpaired) electrons. The first kappa shape index (κ1) is 72.7. The highest BCUT2D eigenvalue weighted by Crippen LogP contribution is 2.62. The van der Waals surface area contributed by atoms with Gasteiger partial charge in [-0.1, -0.05) is 41.9 Å². The summed E-state index contributed by atoms with van der Waals surface area (Å²) in [7, 11) is 6.88. The van der Waals surface area contributed by atoms with Crippen molar-refractivity contribution in [1.82, 2.24) is 33.8 Å². The van der Waals surface area contributed by atoms with Crippen molar-refractivity contribution < 1.29 is 90.9 Å². The molecular formula is C78H73Cl2N9O19. The quantitative estimate of drug-likeness (QED) is 0.0612. The second-order valence-electron chi connectivity index (χ2n) is 28.4. The summed E-state index contributed by atoms with van der Waals surface area (Å²) in [5.41, 5.74) is 9.26. The van der Waals surface area contributed by atoms with Gasteiger partial charge in [-0.3, -0.25) is 72.6 Å². The first-order chi connectivity index (χ1) is 51.7. The average Bonchev–Trinajstić information content (AvgIpc) is 0.949. The molecule has 10 atom stereocenters. The number of ether oxygens (including phenoxy) is 9. The minimum atomic E-state index is -0.781. The van der Waals surface area contributed by atoms with Crippen LogP contribution < -0.4 is 42.6 Å². The van der Waals surface area contributed by atoms with E-state index in [1.165, 1.54) is 44.8 Å². The number of esters is 3. The van der Waals surface area contributed by atoms with E-state index in [4.69, 9.17) is 66.0 Å². The van der Waals surface area contributed by atoms with Crippen molar-refractivity contribution in [2.24, 2.45) is 0 Å². The van der Waals surface area contributed by atoms with Gasteiger partial charge in [0, 0.05) is 133 Å². The van der Waals surface area contributed by atoms with Gasteiger partial charge in [0.05, 0.1) is 77.8 Å². The summed E-state index contributed by atoms with van der Waals surface area (Å²) in [6, 6.07) is 14.8. The number of phenols is 1. The number of aromatic hydroxyl groups is 1. The Morgan fingerprint density at radius 1 is 0.528 bits per heavy atom. The van der Waals surface area contributed by atoms with Gasteiger partial charge in [-0.05, 0) is 108 Å². The highest BCUT2D eigenvalue weighted by Gasteiger charge is 2.61. The van der Waals surface area contributed by atoms with Crippen LogP contribution in [0.5, 0.6) is 57.5 Å². The Kier molecular flexibility index (Phi) is 18.5. The van der Waals surface area contributed by atoms with E-state index >= 15 is 0 Å². The first-order valence-corrected chi connectivity index (χ1v) is 35.8. The molecule has 6 amide bonds. The lowest BCUT2D eigenvalue weighted by Gasteiger charge is -2.60. The number of rotatable bonds is 9. The molecule has 11 heterocycles. The van der Waals surface area contributed by atoms with Crippen LogP contribution in [0.1, 0.15) is 166 Å². The van der Waals surface area contributed by atoms with Crippen LogP contribution in [0.3, 0.4) is 0 Å². The van der Waals surface area contributed by atoms with Crippen LogP contribution >= 0.6 is 23.4 Å². The second kappa shape index (κ2) is 27.4. The summed E-state index contributed by atoms with van der Waals surface area (Å²) >= 11 is 12.1. The number of carbonyl (C=O) groups is 9. The SMILES string of the molecule is COc1c(C)c(Cl)c2c(c1O)[C@@H]1C3Cc4c(OC(C)=O)c(C)c5c(c4[C@H](CN4C(=O)c6ccccc6C4=O)N3C(C#N)[C@H](C2)N1C)OCO5.COc1c(C)cc2c(c1OC(C)=O)[C@@H]1C3Cc4c(OC(C)=O)c(C)c5c(c4[C@H](CN4C(=O)c6ccccc6C4=O)N3C(C#N)[C@H](C2)N1C)OCO5.O=C1CCC(=O)N1Cl. The smallest absolute Gasteiger partial charge is 0.308 e. The summed E-state index contributed by atoms with van der Waals surface area (Å²) in [4.78, 5) is 125. The minimum Gasteiger partial charge on any atom is -0.504 e. The van der Waals surface area contributed by atoms with Gasteiger partial charge in [-0.25, -0.2) is 0 Å². The third kappa shape index (κ3) is 11.1.